The smallest absolute Gasteiger partial charge is 0.260 e. The van der Waals surface area contributed by atoms with Crippen LogP contribution >= 0.6 is 0 Å². The number of fused-ring (bicyclic) bond motifs is 1. The highest BCUT2D eigenvalue weighted by Crippen LogP contribution is 2.33. The predicted molar refractivity (Wildman–Crippen MR) is 110 cm³/mol. The maximum atomic E-state index is 13.2. The Morgan fingerprint density at radius 2 is 1.93 bits per heavy atom. The first-order valence-electron chi connectivity index (χ1n) is 10.1. The van der Waals surface area contributed by atoms with Gasteiger partial charge in [-0.05, 0) is 31.0 Å². The van der Waals surface area contributed by atoms with Crippen LogP contribution in [0.15, 0.2) is 42.7 Å². The first kappa shape index (κ1) is 19.5. The Balaban J connectivity index is 1.41. The van der Waals surface area contributed by atoms with E-state index < -0.39 is 0 Å². The fourth-order valence-electron chi connectivity index (χ4n) is 3.95. The van der Waals surface area contributed by atoms with Crippen molar-refractivity contribution in [2.75, 3.05) is 44.3 Å². The number of hydrogen-bond acceptors (Lipinski definition) is 5. The van der Waals surface area contributed by atoms with Crippen molar-refractivity contribution >= 4 is 17.5 Å². The minimum absolute atomic E-state index is 0.0749. The minimum Gasteiger partial charge on any atom is -0.379 e. The average molecular weight is 394 g/mol. The van der Waals surface area contributed by atoms with Crippen LogP contribution in [0.5, 0.6) is 0 Å². The van der Waals surface area contributed by atoms with E-state index in [-0.39, 0.29) is 17.9 Å². The third-order valence-electron chi connectivity index (χ3n) is 5.49. The molecule has 0 saturated carbocycles. The Morgan fingerprint density at radius 3 is 2.76 bits per heavy atom. The second-order valence-corrected chi connectivity index (χ2v) is 7.53. The molecule has 2 aliphatic rings. The molecule has 2 aromatic rings. The molecule has 0 radical (unpaired) electrons. The molecule has 1 aromatic carbocycles. The number of rotatable bonds is 5. The SMILES string of the molecule is CC1Cc2ccccc2N1C(=O)c1cncc(C(=O)NCCN2CCOCC2)c1. The van der Waals surface area contributed by atoms with Crippen molar-refractivity contribution in [2.45, 2.75) is 19.4 Å². The highest BCUT2D eigenvalue weighted by Gasteiger charge is 2.31. The van der Waals surface area contributed by atoms with Crippen LogP contribution in [0.25, 0.3) is 0 Å². The fraction of sp³-hybridized carbons (Fsp3) is 0.409. The number of amides is 2. The molecule has 1 aromatic heterocycles. The van der Waals surface area contributed by atoms with Gasteiger partial charge in [-0.25, -0.2) is 0 Å². The van der Waals surface area contributed by atoms with E-state index in [9.17, 15) is 9.59 Å². The number of pyridine rings is 1. The molecule has 152 valence electrons. The number of carbonyl (C=O) groups excluding carboxylic acids is 2. The highest BCUT2D eigenvalue weighted by molar-refractivity contribution is 6.08. The van der Waals surface area contributed by atoms with Crippen molar-refractivity contribution in [3.05, 3.63) is 59.4 Å². The van der Waals surface area contributed by atoms with Crippen molar-refractivity contribution in [2.24, 2.45) is 0 Å². The standard InChI is InChI=1S/C22H26N4O3/c1-16-12-17-4-2-3-5-20(17)26(16)22(28)19-13-18(14-23-15-19)21(27)24-6-7-25-8-10-29-11-9-25/h2-5,13-16H,6-12H2,1H3,(H,24,27). The Bertz CT molecular complexity index is 895. The van der Waals surface area contributed by atoms with Crippen molar-refractivity contribution in [3.8, 4) is 0 Å². The van der Waals surface area contributed by atoms with Gasteiger partial charge < -0.3 is 15.0 Å². The first-order chi connectivity index (χ1) is 14.1. The molecule has 4 rings (SSSR count). The molecule has 2 amide bonds. The molecule has 0 bridgehead atoms. The molecular formula is C22H26N4O3. The second-order valence-electron chi connectivity index (χ2n) is 7.53. The van der Waals surface area contributed by atoms with Gasteiger partial charge in [0.15, 0.2) is 0 Å². The number of ether oxygens (including phenoxy) is 1. The van der Waals surface area contributed by atoms with Gasteiger partial charge in [0, 0.05) is 50.3 Å². The summed E-state index contributed by atoms with van der Waals surface area (Å²) in [5.41, 5.74) is 2.93. The number of carbonyl (C=O) groups is 2. The van der Waals surface area contributed by atoms with Crippen LogP contribution in [-0.4, -0.2) is 67.1 Å². The lowest BCUT2D eigenvalue weighted by Crippen LogP contribution is -2.41. The summed E-state index contributed by atoms with van der Waals surface area (Å²) >= 11 is 0. The van der Waals surface area contributed by atoms with E-state index in [4.69, 9.17) is 4.74 Å². The van der Waals surface area contributed by atoms with Gasteiger partial charge >= 0.3 is 0 Å². The van der Waals surface area contributed by atoms with E-state index in [1.54, 1.807) is 11.0 Å². The van der Waals surface area contributed by atoms with E-state index >= 15 is 0 Å². The molecule has 1 unspecified atom stereocenters. The largest absolute Gasteiger partial charge is 0.379 e. The highest BCUT2D eigenvalue weighted by atomic mass is 16.5. The topological polar surface area (TPSA) is 74.8 Å². The van der Waals surface area contributed by atoms with Crippen molar-refractivity contribution in [1.29, 1.82) is 0 Å². The number of benzene rings is 1. The van der Waals surface area contributed by atoms with Crippen molar-refractivity contribution in [3.63, 3.8) is 0 Å². The zero-order chi connectivity index (χ0) is 20.2. The number of hydrogen-bond donors (Lipinski definition) is 1. The average Bonchev–Trinajstić information content (AvgIpc) is 3.09. The van der Waals surface area contributed by atoms with Crippen LogP contribution in [0.4, 0.5) is 5.69 Å². The fourth-order valence-corrected chi connectivity index (χ4v) is 3.95. The van der Waals surface area contributed by atoms with Gasteiger partial charge in [0.1, 0.15) is 0 Å². The molecule has 0 aliphatic carbocycles. The van der Waals surface area contributed by atoms with E-state index in [1.165, 1.54) is 18.0 Å². The van der Waals surface area contributed by atoms with Gasteiger partial charge in [-0.15, -0.1) is 0 Å². The maximum Gasteiger partial charge on any atom is 0.260 e. The van der Waals surface area contributed by atoms with E-state index in [0.29, 0.717) is 17.7 Å². The molecule has 1 fully saturated rings. The quantitative estimate of drug-likeness (QED) is 0.836. The lowest BCUT2D eigenvalue weighted by atomic mass is 10.1. The summed E-state index contributed by atoms with van der Waals surface area (Å²) in [6.07, 6.45) is 3.86. The normalized spacial score (nSPS) is 19.1. The van der Waals surface area contributed by atoms with Crippen LogP contribution in [0, 0.1) is 0 Å². The van der Waals surface area contributed by atoms with E-state index in [0.717, 1.165) is 45.0 Å². The molecular weight excluding hydrogens is 368 g/mol. The Morgan fingerprint density at radius 1 is 1.17 bits per heavy atom. The molecule has 1 atom stereocenters. The van der Waals surface area contributed by atoms with Crippen LogP contribution < -0.4 is 10.2 Å². The lowest BCUT2D eigenvalue weighted by molar-refractivity contribution is 0.0383. The lowest BCUT2D eigenvalue weighted by Gasteiger charge is -2.26. The molecule has 7 heteroatoms. The van der Waals surface area contributed by atoms with Crippen LogP contribution in [0.3, 0.4) is 0 Å². The monoisotopic (exact) mass is 394 g/mol. The minimum atomic E-state index is -0.213. The van der Waals surface area contributed by atoms with Gasteiger partial charge in [0.05, 0.1) is 24.3 Å². The van der Waals surface area contributed by atoms with Crippen LogP contribution in [0.1, 0.15) is 33.2 Å². The summed E-state index contributed by atoms with van der Waals surface area (Å²) in [5.74, 6) is -0.340. The summed E-state index contributed by atoms with van der Waals surface area (Å²) < 4.78 is 5.33. The zero-order valence-electron chi connectivity index (χ0n) is 16.6. The molecule has 3 heterocycles. The zero-order valence-corrected chi connectivity index (χ0v) is 16.6. The molecule has 1 N–H and O–H groups in total. The first-order valence-corrected chi connectivity index (χ1v) is 10.1. The van der Waals surface area contributed by atoms with Gasteiger partial charge in [0.25, 0.3) is 11.8 Å². The molecule has 2 aliphatic heterocycles. The Hall–Kier alpha value is -2.77. The second kappa shape index (κ2) is 8.71. The summed E-state index contributed by atoms with van der Waals surface area (Å²) in [6, 6.07) is 9.65. The molecule has 1 saturated heterocycles. The number of para-hydroxylation sites is 1. The van der Waals surface area contributed by atoms with Crippen molar-refractivity contribution < 1.29 is 14.3 Å². The summed E-state index contributed by atoms with van der Waals surface area (Å²) in [5, 5.41) is 2.92. The number of anilines is 1. The van der Waals surface area contributed by atoms with E-state index in [1.807, 2.05) is 25.1 Å². The summed E-state index contributed by atoms with van der Waals surface area (Å²) in [6.45, 7) is 6.61. The predicted octanol–water partition coefficient (Wildman–Crippen LogP) is 1.73. The molecule has 29 heavy (non-hydrogen) atoms. The number of nitrogens with zero attached hydrogens (tertiary/aromatic N) is 3. The van der Waals surface area contributed by atoms with Gasteiger partial charge in [-0.2, -0.15) is 0 Å². The maximum absolute atomic E-state index is 13.2. The third kappa shape index (κ3) is 4.31. The molecule has 7 nitrogen and oxygen atoms in total. The number of nitrogens with one attached hydrogen (secondary N) is 1. The van der Waals surface area contributed by atoms with E-state index in [2.05, 4.69) is 21.3 Å². The van der Waals surface area contributed by atoms with Crippen LogP contribution in [-0.2, 0) is 11.2 Å². The van der Waals surface area contributed by atoms with Gasteiger partial charge in [0.2, 0.25) is 0 Å². The molecule has 0 spiro atoms. The number of aromatic nitrogens is 1. The Kier molecular flexibility index (Phi) is 5.87. The van der Waals surface area contributed by atoms with Crippen molar-refractivity contribution in [1.82, 2.24) is 15.2 Å². The van der Waals surface area contributed by atoms with Gasteiger partial charge in [-0.3, -0.25) is 19.5 Å². The van der Waals surface area contributed by atoms with Gasteiger partial charge in [-0.1, -0.05) is 18.2 Å². The number of morpholine rings is 1. The Labute approximate surface area is 170 Å². The summed E-state index contributed by atoms with van der Waals surface area (Å²) in [7, 11) is 0. The summed E-state index contributed by atoms with van der Waals surface area (Å²) in [4.78, 5) is 33.9. The third-order valence-corrected chi connectivity index (χ3v) is 5.49. The van der Waals surface area contributed by atoms with Crippen LogP contribution in [0.2, 0.25) is 0 Å².